The van der Waals surface area contributed by atoms with Gasteiger partial charge in [0.15, 0.2) is 0 Å². The number of aromatic hydroxyl groups is 1. The van der Waals surface area contributed by atoms with Crippen LogP contribution in [0.1, 0.15) is 30.4 Å². The van der Waals surface area contributed by atoms with Crippen molar-refractivity contribution >= 4 is 40.4 Å². The summed E-state index contributed by atoms with van der Waals surface area (Å²) in [6, 6.07) is 10.8. The molecule has 0 heterocycles. The van der Waals surface area contributed by atoms with Gasteiger partial charge in [-0.25, -0.2) is 4.79 Å². The molecule has 0 aliphatic carbocycles. The van der Waals surface area contributed by atoms with E-state index in [1.54, 1.807) is 12.1 Å². The Balaban J connectivity index is 2.14. The lowest BCUT2D eigenvalue weighted by Gasteiger charge is -2.23. The van der Waals surface area contributed by atoms with Gasteiger partial charge in [0.2, 0.25) is 11.8 Å². The average Bonchev–Trinajstić information content (AvgIpc) is 2.81. The molecule has 0 fully saturated rings. The van der Waals surface area contributed by atoms with Crippen LogP contribution in [0.3, 0.4) is 0 Å². The molecular weight excluding hydrogens is 551 g/mol. The minimum absolute atomic E-state index is 0.0158. The largest absolute Gasteiger partial charge is 0.507 e. The molecule has 9 nitrogen and oxygen atoms in total. The number of hydrogen-bond acceptors (Lipinski definition) is 6. The lowest BCUT2D eigenvalue weighted by atomic mass is 10.0. The lowest BCUT2D eigenvalue weighted by molar-refractivity contribution is -0.142. The molecule has 34 heavy (non-hydrogen) atoms. The summed E-state index contributed by atoms with van der Waals surface area (Å²) in [6.45, 7) is 0.504. The van der Waals surface area contributed by atoms with Crippen LogP contribution in [0.4, 0.5) is 0 Å². The number of hydrogen-bond donors (Lipinski definition) is 6. The summed E-state index contributed by atoms with van der Waals surface area (Å²) in [5.74, 6) is -2.21. The number of halogens is 1. The normalized spacial score (nSPS) is 13.5. The van der Waals surface area contributed by atoms with E-state index >= 15 is 0 Å². The van der Waals surface area contributed by atoms with E-state index in [0.29, 0.717) is 28.5 Å². The number of carbonyl (C=O) groups excluding carboxylic acids is 2. The molecule has 0 saturated heterocycles. The van der Waals surface area contributed by atoms with Crippen molar-refractivity contribution in [2.45, 2.75) is 50.2 Å². The van der Waals surface area contributed by atoms with Crippen molar-refractivity contribution < 1.29 is 24.6 Å². The van der Waals surface area contributed by atoms with Crippen molar-refractivity contribution in [3.63, 3.8) is 0 Å². The highest BCUT2D eigenvalue weighted by Crippen LogP contribution is 2.21. The third kappa shape index (κ3) is 8.92. The number of carboxylic acid groups (broad SMARTS) is 1. The van der Waals surface area contributed by atoms with Gasteiger partial charge in [-0.05, 0) is 65.2 Å². The highest BCUT2D eigenvalue weighted by molar-refractivity contribution is 14.1. The van der Waals surface area contributed by atoms with Crippen LogP contribution in [0.15, 0.2) is 48.5 Å². The molecule has 2 aromatic carbocycles. The monoisotopic (exact) mass is 582 g/mol. The van der Waals surface area contributed by atoms with Crippen LogP contribution in [0, 0.1) is 3.57 Å². The number of nitrogens with one attached hydrogen (secondary N) is 2. The molecule has 8 N–H and O–H groups in total. The molecular formula is C24H31IN4O5. The molecule has 0 aromatic heterocycles. The van der Waals surface area contributed by atoms with E-state index < -0.39 is 35.9 Å². The van der Waals surface area contributed by atoms with Gasteiger partial charge < -0.3 is 32.3 Å². The number of unbranched alkanes of at least 4 members (excludes halogenated alkanes) is 1. The smallest absolute Gasteiger partial charge is 0.326 e. The Morgan fingerprint density at radius 3 is 2.18 bits per heavy atom. The summed E-state index contributed by atoms with van der Waals surface area (Å²) < 4.78 is 0.573. The molecule has 0 bridgehead atoms. The van der Waals surface area contributed by atoms with E-state index in [1.165, 1.54) is 6.07 Å². The van der Waals surface area contributed by atoms with Crippen LogP contribution < -0.4 is 22.1 Å². The predicted octanol–water partition coefficient (Wildman–Crippen LogP) is 1.29. The van der Waals surface area contributed by atoms with Gasteiger partial charge in [-0.1, -0.05) is 42.8 Å². The first-order valence-corrected chi connectivity index (χ1v) is 12.1. The van der Waals surface area contributed by atoms with E-state index in [0.717, 1.165) is 12.0 Å². The van der Waals surface area contributed by atoms with E-state index in [2.05, 4.69) is 10.6 Å². The number of carboxylic acids is 1. The van der Waals surface area contributed by atoms with E-state index in [1.807, 2.05) is 52.9 Å². The van der Waals surface area contributed by atoms with Gasteiger partial charge in [0.1, 0.15) is 17.8 Å². The van der Waals surface area contributed by atoms with Crippen molar-refractivity contribution in [1.29, 1.82) is 0 Å². The van der Waals surface area contributed by atoms with Crippen molar-refractivity contribution in [3.8, 4) is 5.75 Å². The summed E-state index contributed by atoms with van der Waals surface area (Å²) in [7, 11) is 0. The fourth-order valence-electron chi connectivity index (χ4n) is 3.36. The summed E-state index contributed by atoms with van der Waals surface area (Å²) in [5, 5.41) is 24.6. The molecule has 3 atom stereocenters. The minimum atomic E-state index is -1.22. The Morgan fingerprint density at radius 2 is 1.56 bits per heavy atom. The number of amides is 2. The number of rotatable bonds is 13. The first-order chi connectivity index (χ1) is 16.2. The lowest BCUT2D eigenvalue weighted by Crippen LogP contribution is -2.55. The molecule has 2 rings (SSSR count). The maximum atomic E-state index is 13.1. The second kappa shape index (κ2) is 13.9. The summed E-state index contributed by atoms with van der Waals surface area (Å²) in [6.07, 6.45) is 2.05. The molecule has 0 aliphatic heterocycles. The minimum Gasteiger partial charge on any atom is -0.507 e. The van der Waals surface area contributed by atoms with Crippen molar-refractivity contribution in [2.24, 2.45) is 11.5 Å². The average molecular weight is 582 g/mol. The fraction of sp³-hybridized carbons (Fsp3) is 0.375. The zero-order chi connectivity index (χ0) is 25.1. The molecule has 0 radical (unpaired) electrons. The third-order valence-corrected chi connectivity index (χ3v) is 6.15. The zero-order valence-electron chi connectivity index (χ0n) is 18.7. The van der Waals surface area contributed by atoms with Crippen LogP contribution >= 0.6 is 22.6 Å². The molecule has 184 valence electrons. The summed E-state index contributed by atoms with van der Waals surface area (Å²) >= 11 is 1.94. The Morgan fingerprint density at radius 1 is 0.912 bits per heavy atom. The fourth-order valence-corrected chi connectivity index (χ4v) is 3.94. The molecule has 0 aliphatic rings. The van der Waals surface area contributed by atoms with Gasteiger partial charge in [0.25, 0.3) is 0 Å². The van der Waals surface area contributed by atoms with Gasteiger partial charge in [-0.3, -0.25) is 9.59 Å². The Bertz CT molecular complexity index is 973. The molecule has 0 unspecified atom stereocenters. The van der Waals surface area contributed by atoms with Crippen LogP contribution in [0.25, 0.3) is 0 Å². The topological polar surface area (TPSA) is 168 Å². The number of benzene rings is 2. The zero-order valence-corrected chi connectivity index (χ0v) is 20.9. The quantitative estimate of drug-likeness (QED) is 0.153. The second-order valence-corrected chi connectivity index (χ2v) is 9.19. The van der Waals surface area contributed by atoms with Gasteiger partial charge in [0.05, 0.1) is 9.61 Å². The molecule has 10 heteroatoms. The summed E-state index contributed by atoms with van der Waals surface area (Å²) in [4.78, 5) is 37.6. The highest BCUT2D eigenvalue weighted by Gasteiger charge is 2.28. The van der Waals surface area contributed by atoms with E-state index in [9.17, 15) is 24.6 Å². The van der Waals surface area contributed by atoms with Crippen molar-refractivity contribution in [1.82, 2.24) is 10.6 Å². The number of phenolic OH excluding ortho intramolecular Hbond substituents is 1. The number of phenols is 1. The highest BCUT2D eigenvalue weighted by atomic mass is 127. The number of nitrogens with two attached hydrogens (primary N) is 2. The van der Waals surface area contributed by atoms with E-state index in [4.69, 9.17) is 11.5 Å². The molecule has 2 amide bonds. The number of aliphatic carboxylic acids is 1. The maximum Gasteiger partial charge on any atom is 0.326 e. The van der Waals surface area contributed by atoms with Crippen LogP contribution in [0.5, 0.6) is 5.75 Å². The van der Waals surface area contributed by atoms with Crippen LogP contribution in [-0.4, -0.2) is 52.7 Å². The van der Waals surface area contributed by atoms with Gasteiger partial charge in [0, 0.05) is 12.8 Å². The van der Waals surface area contributed by atoms with Gasteiger partial charge >= 0.3 is 5.97 Å². The third-order valence-electron chi connectivity index (χ3n) is 5.29. The van der Waals surface area contributed by atoms with Crippen LogP contribution in [-0.2, 0) is 27.2 Å². The number of carbonyl (C=O) groups is 3. The first kappa shape index (κ1) is 27.5. The first-order valence-electron chi connectivity index (χ1n) is 11.0. The van der Waals surface area contributed by atoms with Crippen molar-refractivity contribution in [3.05, 3.63) is 63.2 Å². The van der Waals surface area contributed by atoms with Gasteiger partial charge in [-0.2, -0.15) is 0 Å². The van der Waals surface area contributed by atoms with Crippen molar-refractivity contribution in [2.75, 3.05) is 6.54 Å². The molecule has 2 aromatic rings. The van der Waals surface area contributed by atoms with Crippen LogP contribution in [0.2, 0.25) is 0 Å². The maximum absolute atomic E-state index is 13.1. The van der Waals surface area contributed by atoms with Gasteiger partial charge in [-0.15, -0.1) is 0 Å². The Kier molecular flexibility index (Phi) is 11.2. The second-order valence-electron chi connectivity index (χ2n) is 8.03. The standard InChI is InChI=1S/C24H31IN4O5/c25-17-12-16(9-10-21(17)30)14-20(24(33)34)29-23(32)19(13-15-6-2-1-3-7-15)28-22(31)18(27)8-4-5-11-26/h1-3,6-7,9-10,12,18-20,30H,4-5,8,11,13-14,26-27H2,(H,28,31)(H,29,32)(H,33,34)/t18-,19-,20-/m1/s1. The summed E-state index contributed by atoms with van der Waals surface area (Å²) in [5.41, 5.74) is 12.9. The SMILES string of the molecule is NCCCC[C@@H](N)C(=O)N[C@H](Cc1ccccc1)C(=O)N[C@H](Cc1ccc(O)c(I)c1)C(=O)O. The molecule has 0 saturated carbocycles. The predicted molar refractivity (Wildman–Crippen MR) is 137 cm³/mol. The Labute approximate surface area is 212 Å². The Hall–Kier alpha value is -2.70. The molecule has 0 spiro atoms. The van der Waals surface area contributed by atoms with E-state index in [-0.39, 0.29) is 18.6 Å².